The molecule has 0 spiro atoms. The highest BCUT2D eigenvalue weighted by Gasteiger charge is 2.26. The quantitative estimate of drug-likeness (QED) is 0.519. The zero-order valence-electron chi connectivity index (χ0n) is 17.3. The number of nitrogens with one attached hydrogen (secondary N) is 1. The largest absolute Gasteiger partial charge is 0.364 e. The number of primary amides is 1. The third-order valence-corrected chi connectivity index (χ3v) is 7.24. The number of benzene rings is 2. The molecule has 0 radical (unpaired) electrons. The zero-order chi connectivity index (χ0) is 24.6. The van der Waals surface area contributed by atoms with Crippen molar-refractivity contribution < 1.29 is 22.4 Å². The maximum Gasteiger partial charge on any atom is 0.273 e. The standard InChI is InChI=1S/C20H17Cl2FN6O4S/c21-14-9-12(23)10-15(22)17(14)29-26-16(18(24)30)19(27-29)25-13-3-1-11(2-4-13)20(31)28-5-7-34(32,33)8-6-28/h1-4,9-10H,5-8H2,(H2,24,30)(H,25,27). The van der Waals surface area contributed by atoms with Crippen molar-refractivity contribution >= 4 is 56.4 Å². The zero-order valence-corrected chi connectivity index (χ0v) is 19.7. The minimum Gasteiger partial charge on any atom is -0.364 e. The minimum atomic E-state index is -3.10. The molecule has 178 valence electrons. The number of halogens is 3. The highest BCUT2D eigenvalue weighted by Crippen LogP contribution is 2.30. The second-order valence-corrected chi connectivity index (χ2v) is 10.5. The second kappa shape index (κ2) is 9.20. The summed E-state index contributed by atoms with van der Waals surface area (Å²) in [6.07, 6.45) is 0. The van der Waals surface area contributed by atoms with Crippen LogP contribution in [0.15, 0.2) is 36.4 Å². The van der Waals surface area contributed by atoms with Gasteiger partial charge >= 0.3 is 0 Å². The van der Waals surface area contributed by atoms with Gasteiger partial charge in [0, 0.05) is 24.3 Å². The molecule has 1 saturated heterocycles. The Bertz CT molecular complexity index is 1360. The Kier molecular flexibility index (Phi) is 6.47. The van der Waals surface area contributed by atoms with E-state index in [-0.39, 0.29) is 57.7 Å². The predicted octanol–water partition coefficient (Wildman–Crippen LogP) is 2.43. The molecule has 1 fully saturated rings. The van der Waals surface area contributed by atoms with Gasteiger partial charge in [-0.2, -0.15) is 0 Å². The summed E-state index contributed by atoms with van der Waals surface area (Å²) in [6, 6.07) is 8.31. The molecule has 1 aliphatic heterocycles. The number of rotatable bonds is 5. The molecule has 14 heteroatoms. The molecule has 2 aromatic carbocycles. The predicted molar refractivity (Wildman–Crippen MR) is 124 cm³/mol. The van der Waals surface area contributed by atoms with Gasteiger partial charge in [-0.15, -0.1) is 15.0 Å². The second-order valence-electron chi connectivity index (χ2n) is 7.42. The van der Waals surface area contributed by atoms with E-state index >= 15 is 0 Å². The highest BCUT2D eigenvalue weighted by molar-refractivity contribution is 7.91. The number of hydrogen-bond acceptors (Lipinski definition) is 7. The third-order valence-electron chi connectivity index (χ3n) is 5.06. The summed E-state index contributed by atoms with van der Waals surface area (Å²) >= 11 is 12.1. The molecular formula is C20H17Cl2FN6O4S. The lowest BCUT2D eigenvalue weighted by atomic mass is 10.1. The molecule has 0 bridgehead atoms. The fourth-order valence-corrected chi connectivity index (χ4v) is 5.13. The van der Waals surface area contributed by atoms with Gasteiger partial charge in [0.25, 0.3) is 11.8 Å². The van der Waals surface area contributed by atoms with Crippen LogP contribution in [0, 0.1) is 5.82 Å². The van der Waals surface area contributed by atoms with E-state index in [9.17, 15) is 22.4 Å². The first-order chi connectivity index (χ1) is 16.0. The van der Waals surface area contributed by atoms with Crippen LogP contribution in [-0.2, 0) is 9.84 Å². The Morgan fingerprint density at radius 3 is 2.18 bits per heavy atom. The fourth-order valence-electron chi connectivity index (χ4n) is 3.31. The molecule has 1 aromatic heterocycles. The van der Waals surface area contributed by atoms with Crippen LogP contribution in [0.25, 0.3) is 5.69 Å². The van der Waals surface area contributed by atoms with Crippen molar-refractivity contribution in [2.24, 2.45) is 5.73 Å². The SMILES string of the molecule is NC(=O)c1nn(-c2c(Cl)cc(F)cc2Cl)nc1Nc1ccc(C(=O)N2CCS(=O)(=O)CC2)cc1. The number of carbonyl (C=O) groups excluding carboxylic acids is 2. The van der Waals surface area contributed by atoms with Gasteiger partial charge in [0.2, 0.25) is 0 Å². The molecule has 3 aromatic rings. The van der Waals surface area contributed by atoms with Gasteiger partial charge in [-0.3, -0.25) is 9.59 Å². The summed E-state index contributed by atoms with van der Waals surface area (Å²) in [4.78, 5) is 27.0. The topological polar surface area (TPSA) is 140 Å². The van der Waals surface area contributed by atoms with E-state index < -0.39 is 21.6 Å². The summed E-state index contributed by atoms with van der Waals surface area (Å²) in [7, 11) is -3.10. The van der Waals surface area contributed by atoms with E-state index in [4.69, 9.17) is 28.9 Å². The number of nitrogens with zero attached hydrogens (tertiary/aromatic N) is 4. The molecule has 34 heavy (non-hydrogen) atoms. The number of hydrogen-bond donors (Lipinski definition) is 2. The minimum absolute atomic E-state index is 0.00993. The number of nitrogens with two attached hydrogens (primary N) is 1. The lowest BCUT2D eigenvalue weighted by Crippen LogP contribution is -2.43. The first-order valence-corrected chi connectivity index (χ1v) is 12.4. The van der Waals surface area contributed by atoms with E-state index in [1.54, 1.807) is 24.3 Å². The molecule has 0 unspecified atom stereocenters. The Morgan fingerprint density at radius 2 is 1.62 bits per heavy atom. The smallest absolute Gasteiger partial charge is 0.273 e. The van der Waals surface area contributed by atoms with E-state index in [2.05, 4.69) is 15.5 Å². The summed E-state index contributed by atoms with van der Waals surface area (Å²) in [5.41, 5.74) is 6.09. The average molecular weight is 527 g/mol. The Balaban J connectivity index is 1.56. The Morgan fingerprint density at radius 1 is 1.03 bits per heavy atom. The third kappa shape index (κ3) is 4.98. The molecule has 0 aliphatic carbocycles. The van der Waals surface area contributed by atoms with Crippen LogP contribution in [-0.4, -0.2) is 64.7 Å². The summed E-state index contributed by atoms with van der Waals surface area (Å²) < 4.78 is 36.6. The van der Waals surface area contributed by atoms with Crippen molar-refractivity contribution in [3.05, 3.63) is 63.5 Å². The molecule has 2 amide bonds. The monoisotopic (exact) mass is 526 g/mol. The fraction of sp³-hybridized carbons (Fsp3) is 0.200. The maximum absolute atomic E-state index is 13.5. The van der Waals surface area contributed by atoms with Crippen LogP contribution in [0.4, 0.5) is 15.9 Å². The molecule has 0 atom stereocenters. The highest BCUT2D eigenvalue weighted by atomic mass is 35.5. The Labute approximate surface area is 203 Å². The van der Waals surface area contributed by atoms with Crippen molar-refractivity contribution in [3.63, 3.8) is 0 Å². The lowest BCUT2D eigenvalue weighted by Gasteiger charge is -2.26. The van der Waals surface area contributed by atoms with Crippen LogP contribution >= 0.6 is 23.2 Å². The average Bonchev–Trinajstić information content (AvgIpc) is 3.16. The van der Waals surface area contributed by atoms with Crippen molar-refractivity contribution in [3.8, 4) is 5.69 Å². The summed E-state index contributed by atoms with van der Waals surface area (Å²) in [5, 5.41) is 10.9. The van der Waals surface area contributed by atoms with Crippen molar-refractivity contribution in [2.75, 3.05) is 29.9 Å². The lowest BCUT2D eigenvalue weighted by molar-refractivity contribution is 0.0770. The maximum atomic E-state index is 13.5. The van der Waals surface area contributed by atoms with Crippen molar-refractivity contribution in [1.29, 1.82) is 0 Å². The van der Waals surface area contributed by atoms with Crippen LogP contribution < -0.4 is 11.1 Å². The number of carbonyl (C=O) groups is 2. The molecular weight excluding hydrogens is 510 g/mol. The molecule has 10 nitrogen and oxygen atoms in total. The van der Waals surface area contributed by atoms with Crippen LogP contribution in [0.2, 0.25) is 10.0 Å². The van der Waals surface area contributed by atoms with E-state index in [0.717, 1.165) is 16.9 Å². The number of amides is 2. The van der Waals surface area contributed by atoms with Crippen LogP contribution in [0.5, 0.6) is 0 Å². The van der Waals surface area contributed by atoms with E-state index in [1.165, 1.54) is 4.90 Å². The van der Waals surface area contributed by atoms with Crippen molar-refractivity contribution in [2.45, 2.75) is 0 Å². The first-order valence-electron chi connectivity index (χ1n) is 9.83. The summed E-state index contributed by atoms with van der Waals surface area (Å²) in [5.74, 6) is -1.96. The van der Waals surface area contributed by atoms with Gasteiger partial charge in [0.1, 0.15) is 11.5 Å². The van der Waals surface area contributed by atoms with Gasteiger partial charge in [0.05, 0.1) is 21.6 Å². The Hall–Kier alpha value is -3.22. The molecule has 1 aliphatic rings. The van der Waals surface area contributed by atoms with Crippen molar-refractivity contribution in [1.82, 2.24) is 19.9 Å². The van der Waals surface area contributed by atoms with Gasteiger partial charge in [-0.1, -0.05) is 23.2 Å². The van der Waals surface area contributed by atoms with E-state index in [1.807, 2.05) is 0 Å². The number of anilines is 2. The summed E-state index contributed by atoms with van der Waals surface area (Å²) in [6.45, 7) is 0.279. The number of sulfone groups is 1. The van der Waals surface area contributed by atoms with Gasteiger partial charge < -0.3 is 16.0 Å². The number of aromatic nitrogens is 3. The van der Waals surface area contributed by atoms with Gasteiger partial charge in [-0.05, 0) is 36.4 Å². The van der Waals surface area contributed by atoms with Gasteiger partial charge in [0.15, 0.2) is 21.3 Å². The van der Waals surface area contributed by atoms with Crippen LogP contribution in [0.1, 0.15) is 20.8 Å². The molecule has 2 heterocycles. The molecule has 3 N–H and O–H groups in total. The molecule has 0 saturated carbocycles. The first kappa shape index (κ1) is 23.9. The normalized spacial score (nSPS) is 15.2. The van der Waals surface area contributed by atoms with E-state index in [0.29, 0.717) is 11.3 Å². The van der Waals surface area contributed by atoms with Crippen LogP contribution in [0.3, 0.4) is 0 Å². The molecule has 4 rings (SSSR count). The van der Waals surface area contributed by atoms with Gasteiger partial charge in [-0.25, -0.2) is 12.8 Å².